The molecule has 0 aromatic heterocycles. The van der Waals surface area contributed by atoms with E-state index in [1.54, 1.807) is 7.11 Å². The molecule has 2 aliphatic heterocycles. The minimum absolute atomic E-state index is 0.0502. The Labute approximate surface area is 153 Å². The third-order valence-electron chi connectivity index (χ3n) is 4.95. The minimum Gasteiger partial charge on any atom is -0.496 e. The summed E-state index contributed by atoms with van der Waals surface area (Å²) >= 11 is 0. The Hall–Kier alpha value is -2.41. The number of benzene rings is 1. The van der Waals surface area contributed by atoms with Crippen molar-refractivity contribution in [1.29, 1.82) is 0 Å². The highest BCUT2D eigenvalue weighted by molar-refractivity contribution is 6.39. The van der Waals surface area contributed by atoms with Crippen LogP contribution in [-0.4, -0.2) is 49.2 Å². The quantitative estimate of drug-likeness (QED) is 0.809. The summed E-state index contributed by atoms with van der Waals surface area (Å²) < 4.78 is 5.54. The van der Waals surface area contributed by atoms with E-state index in [1.807, 2.05) is 18.2 Å². The van der Waals surface area contributed by atoms with Gasteiger partial charge in [0.25, 0.3) is 5.91 Å². The highest BCUT2D eigenvalue weighted by Gasteiger charge is 2.26. The maximum Gasteiger partial charge on any atom is 0.267 e. The number of methoxy groups -OCH3 is 1. The van der Waals surface area contributed by atoms with E-state index in [0.717, 1.165) is 24.4 Å². The van der Waals surface area contributed by atoms with Gasteiger partial charge in [0.2, 0.25) is 5.91 Å². The van der Waals surface area contributed by atoms with Crippen molar-refractivity contribution in [2.75, 3.05) is 26.7 Å². The van der Waals surface area contributed by atoms with Crippen molar-refractivity contribution in [3.8, 4) is 5.75 Å². The molecule has 2 N–H and O–H groups in total. The number of hydrogen-bond acceptors (Lipinski definition) is 5. The van der Waals surface area contributed by atoms with E-state index in [1.165, 1.54) is 19.3 Å². The Morgan fingerprint density at radius 1 is 1.27 bits per heavy atom. The molecule has 0 bridgehead atoms. The smallest absolute Gasteiger partial charge is 0.267 e. The number of piperidine rings is 1. The van der Waals surface area contributed by atoms with Gasteiger partial charge in [0.05, 0.1) is 13.2 Å². The van der Waals surface area contributed by atoms with E-state index in [2.05, 4.69) is 26.8 Å². The van der Waals surface area contributed by atoms with E-state index in [-0.39, 0.29) is 17.9 Å². The Kier molecular flexibility index (Phi) is 6.22. The lowest BCUT2D eigenvalue weighted by Crippen LogP contribution is -2.43. The van der Waals surface area contributed by atoms with E-state index < -0.39 is 0 Å². The molecule has 140 valence electrons. The van der Waals surface area contributed by atoms with Gasteiger partial charge < -0.3 is 10.1 Å². The van der Waals surface area contributed by atoms with Crippen LogP contribution in [0.25, 0.3) is 0 Å². The number of ether oxygens (including phenoxy) is 1. The van der Waals surface area contributed by atoms with Gasteiger partial charge in [-0.1, -0.05) is 24.6 Å². The number of carbonyl (C=O) groups is 2. The third kappa shape index (κ3) is 4.40. The van der Waals surface area contributed by atoms with Gasteiger partial charge in [0.15, 0.2) is 0 Å². The number of para-hydroxylation sites is 1. The van der Waals surface area contributed by atoms with Crippen LogP contribution in [0.5, 0.6) is 5.75 Å². The maximum atomic E-state index is 12.4. The summed E-state index contributed by atoms with van der Waals surface area (Å²) in [6.45, 7) is 2.50. The van der Waals surface area contributed by atoms with Gasteiger partial charge in [-0.15, -0.1) is 0 Å². The summed E-state index contributed by atoms with van der Waals surface area (Å²) in [5.41, 5.74) is 3.83. The Morgan fingerprint density at radius 2 is 2.04 bits per heavy atom. The van der Waals surface area contributed by atoms with Crippen LogP contribution < -0.4 is 15.5 Å². The highest BCUT2D eigenvalue weighted by atomic mass is 16.5. The first-order chi connectivity index (χ1) is 12.7. The second-order valence-electron chi connectivity index (χ2n) is 6.66. The second-order valence-corrected chi connectivity index (χ2v) is 6.66. The van der Waals surface area contributed by atoms with Gasteiger partial charge in [0, 0.05) is 24.9 Å². The zero-order valence-corrected chi connectivity index (χ0v) is 15.2. The van der Waals surface area contributed by atoms with E-state index >= 15 is 0 Å². The largest absolute Gasteiger partial charge is 0.496 e. The molecule has 0 spiro atoms. The minimum atomic E-state index is -0.220. The standard InChI is InChI=1S/C19H26N4O3/c1-26-17-8-4-3-7-14(17)16(23-11-5-2-6-12-23)13-20-19(25)15-9-10-18(24)22-21-15/h3-4,7-8,16H,2,5-6,9-13H2,1H3,(H,20,25)(H,22,24)/t16-/m1/s1. The number of hydrogen-bond donors (Lipinski definition) is 2. The van der Waals surface area contributed by atoms with Gasteiger partial charge in [-0.05, 0) is 32.0 Å². The van der Waals surface area contributed by atoms with Gasteiger partial charge in [-0.2, -0.15) is 5.10 Å². The predicted molar refractivity (Wildman–Crippen MR) is 99.0 cm³/mol. The first-order valence-electron chi connectivity index (χ1n) is 9.19. The molecule has 0 aliphatic carbocycles. The van der Waals surface area contributed by atoms with Crippen LogP contribution in [0.3, 0.4) is 0 Å². The molecular weight excluding hydrogens is 332 g/mol. The molecule has 0 saturated carbocycles. The fourth-order valence-corrected chi connectivity index (χ4v) is 3.54. The summed E-state index contributed by atoms with van der Waals surface area (Å²) in [5, 5.41) is 6.87. The van der Waals surface area contributed by atoms with Crippen molar-refractivity contribution in [2.24, 2.45) is 5.10 Å². The third-order valence-corrected chi connectivity index (χ3v) is 4.95. The van der Waals surface area contributed by atoms with E-state index in [9.17, 15) is 9.59 Å². The second kappa shape index (κ2) is 8.80. The SMILES string of the molecule is COc1ccccc1[C@@H](CNC(=O)C1=NNC(=O)CC1)N1CCCCC1. The molecule has 26 heavy (non-hydrogen) atoms. The lowest BCUT2D eigenvalue weighted by molar-refractivity contribution is -0.121. The van der Waals surface area contributed by atoms with Gasteiger partial charge in [0.1, 0.15) is 11.5 Å². The van der Waals surface area contributed by atoms with Crippen molar-refractivity contribution >= 4 is 17.5 Å². The number of nitrogens with one attached hydrogen (secondary N) is 2. The van der Waals surface area contributed by atoms with Crippen molar-refractivity contribution in [1.82, 2.24) is 15.6 Å². The number of likely N-dealkylation sites (tertiary alicyclic amines) is 1. The fraction of sp³-hybridized carbons (Fsp3) is 0.526. The zero-order valence-electron chi connectivity index (χ0n) is 15.2. The van der Waals surface area contributed by atoms with Crippen LogP contribution in [0.4, 0.5) is 0 Å². The average molecular weight is 358 g/mol. The van der Waals surface area contributed by atoms with Gasteiger partial charge >= 0.3 is 0 Å². The molecule has 0 unspecified atom stereocenters. The van der Waals surface area contributed by atoms with Crippen molar-refractivity contribution in [3.63, 3.8) is 0 Å². The summed E-state index contributed by atoms with van der Waals surface area (Å²) in [4.78, 5) is 26.0. The molecule has 2 amide bonds. The lowest BCUT2D eigenvalue weighted by atomic mass is 10.0. The lowest BCUT2D eigenvalue weighted by Gasteiger charge is -2.35. The molecule has 1 saturated heterocycles. The molecule has 1 aromatic carbocycles. The molecule has 1 aromatic rings. The van der Waals surface area contributed by atoms with E-state index in [4.69, 9.17) is 4.74 Å². The van der Waals surface area contributed by atoms with Crippen molar-refractivity contribution in [3.05, 3.63) is 29.8 Å². The van der Waals surface area contributed by atoms with Crippen LogP contribution in [0.2, 0.25) is 0 Å². The normalized spacial score (nSPS) is 19.3. The van der Waals surface area contributed by atoms with Crippen LogP contribution >= 0.6 is 0 Å². The molecule has 7 nitrogen and oxygen atoms in total. The predicted octanol–water partition coefficient (Wildman–Crippen LogP) is 1.60. The summed E-state index contributed by atoms with van der Waals surface area (Å²) in [5.74, 6) is 0.461. The zero-order chi connectivity index (χ0) is 18.4. The Morgan fingerprint density at radius 3 is 2.73 bits per heavy atom. The van der Waals surface area contributed by atoms with Crippen LogP contribution in [0.1, 0.15) is 43.7 Å². The number of hydrazone groups is 1. The number of amides is 2. The number of rotatable bonds is 6. The number of carbonyl (C=O) groups excluding carboxylic acids is 2. The van der Waals surface area contributed by atoms with E-state index in [0.29, 0.717) is 25.1 Å². The monoisotopic (exact) mass is 358 g/mol. The first kappa shape index (κ1) is 18.4. The summed E-state index contributed by atoms with van der Waals surface area (Å²) in [6.07, 6.45) is 4.25. The molecule has 2 aliphatic rings. The Balaban J connectivity index is 1.73. The number of nitrogens with zero attached hydrogens (tertiary/aromatic N) is 2. The molecular formula is C19H26N4O3. The van der Waals surface area contributed by atoms with Gasteiger partial charge in [-0.25, -0.2) is 5.43 Å². The van der Waals surface area contributed by atoms with Crippen LogP contribution in [-0.2, 0) is 9.59 Å². The highest BCUT2D eigenvalue weighted by Crippen LogP contribution is 2.30. The molecule has 1 atom stereocenters. The first-order valence-corrected chi connectivity index (χ1v) is 9.19. The Bertz CT molecular complexity index is 683. The van der Waals surface area contributed by atoms with Gasteiger partial charge in [-0.3, -0.25) is 14.5 Å². The summed E-state index contributed by atoms with van der Waals surface area (Å²) in [7, 11) is 1.67. The molecule has 1 fully saturated rings. The molecule has 7 heteroatoms. The molecule has 3 rings (SSSR count). The molecule has 2 heterocycles. The average Bonchev–Trinajstić information content (AvgIpc) is 2.69. The van der Waals surface area contributed by atoms with Crippen LogP contribution in [0, 0.1) is 0 Å². The van der Waals surface area contributed by atoms with Crippen LogP contribution in [0.15, 0.2) is 29.4 Å². The van der Waals surface area contributed by atoms with Crippen molar-refractivity contribution in [2.45, 2.75) is 38.1 Å². The maximum absolute atomic E-state index is 12.4. The molecule has 0 radical (unpaired) electrons. The summed E-state index contributed by atoms with van der Waals surface area (Å²) in [6, 6.07) is 8.01. The fourth-order valence-electron chi connectivity index (χ4n) is 3.54. The topological polar surface area (TPSA) is 83.0 Å². The van der Waals surface area contributed by atoms with Crippen molar-refractivity contribution < 1.29 is 14.3 Å².